The van der Waals surface area contributed by atoms with Gasteiger partial charge in [0.15, 0.2) is 0 Å². The van der Waals surface area contributed by atoms with E-state index in [0.717, 1.165) is 51.6 Å². The molecule has 1 aromatic rings. The Morgan fingerprint density at radius 1 is 1.04 bits per heavy atom. The van der Waals surface area contributed by atoms with Crippen LogP contribution in [0, 0.1) is 0 Å². The molecule has 0 radical (unpaired) electrons. The van der Waals surface area contributed by atoms with Crippen LogP contribution in [0.1, 0.15) is 49.0 Å². The number of piperidine rings is 1. The second-order valence-electron chi connectivity index (χ2n) is 7.37. The molecule has 4 heterocycles. The fourth-order valence-corrected chi connectivity index (χ4v) is 4.27. The summed E-state index contributed by atoms with van der Waals surface area (Å²) in [7, 11) is 0. The first-order valence-electron chi connectivity index (χ1n) is 9.34. The molecule has 3 saturated heterocycles. The number of likely N-dealkylation sites (tertiary alicyclic amines) is 2. The maximum absolute atomic E-state index is 12.6. The van der Waals surface area contributed by atoms with Gasteiger partial charge in [0, 0.05) is 32.4 Å². The Morgan fingerprint density at radius 3 is 2.48 bits per heavy atom. The zero-order valence-corrected chi connectivity index (χ0v) is 14.5. The zero-order chi connectivity index (χ0) is 17.3. The number of rotatable bonds is 2. The molecular formula is C19H25N3O3. The lowest BCUT2D eigenvalue weighted by molar-refractivity contribution is -0.149. The first-order valence-corrected chi connectivity index (χ1v) is 9.34. The van der Waals surface area contributed by atoms with Crippen molar-refractivity contribution >= 4 is 11.8 Å². The Kier molecular flexibility index (Phi) is 4.46. The van der Waals surface area contributed by atoms with Crippen LogP contribution < -0.4 is 0 Å². The molecule has 0 bridgehead atoms. The Morgan fingerprint density at radius 2 is 1.80 bits per heavy atom. The molecule has 0 N–H and O–H groups in total. The summed E-state index contributed by atoms with van der Waals surface area (Å²) in [5, 5.41) is 0. The van der Waals surface area contributed by atoms with E-state index in [1.807, 2.05) is 21.9 Å². The van der Waals surface area contributed by atoms with Crippen LogP contribution in [0.4, 0.5) is 0 Å². The van der Waals surface area contributed by atoms with Gasteiger partial charge in [-0.2, -0.15) is 0 Å². The normalized spacial score (nSPS) is 25.5. The standard InChI is InChI=1S/C19H25N3O3/c23-17(15-5-1-2-10-20-15)22-13-8-19(9-14-22)7-6-16(25-19)18(24)21-11-3-4-12-21/h1-2,5,10,16H,3-4,6-9,11-14H2/t16-/m1/s1. The summed E-state index contributed by atoms with van der Waals surface area (Å²) >= 11 is 0. The van der Waals surface area contributed by atoms with Gasteiger partial charge < -0.3 is 14.5 Å². The summed E-state index contributed by atoms with van der Waals surface area (Å²) in [6, 6.07) is 5.40. The van der Waals surface area contributed by atoms with E-state index >= 15 is 0 Å². The van der Waals surface area contributed by atoms with Gasteiger partial charge in [0.1, 0.15) is 11.8 Å². The van der Waals surface area contributed by atoms with E-state index in [9.17, 15) is 9.59 Å². The summed E-state index contributed by atoms with van der Waals surface area (Å²) < 4.78 is 6.25. The van der Waals surface area contributed by atoms with Crippen molar-refractivity contribution in [1.82, 2.24) is 14.8 Å². The molecule has 2 amide bonds. The highest BCUT2D eigenvalue weighted by molar-refractivity contribution is 5.92. The smallest absolute Gasteiger partial charge is 0.272 e. The molecule has 134 valence electrons. The number of hydrogen-bond acceptors (Lipinski definition) is 4. The van der Waals surface area contributed by atoms with E-state index < -0.39 is 0 Å². The summed E-state index contributed by atoms with van der Waals surface area (Å²) in [5.41, 5.74) is 0.272. The Hall–Kier alpha value is -1.95. The molecule has 1 aromatic heterocycles. The van der Waals surface area contributed by atoms with Gasteiger partial charge in [0.25, 0.3) is 11.8 Å². The number of hydrogen-bond donors (Lipinski definition) is 0. The number of aromatic nitrogens is 1. The number of carbonyl (C=O) groups excluding carboxylic acids is 2. The molecule has 0 unspecified atom stereocenters. The summed E-state index contributed by atoms with van der Waals surface area (Å²) in [6.45, 7) is 3.08. The monoisotopic (exact) mass is 343 g/mol. The maximum atomic E-state index is 12.6. The molecule has 25 heavy (non-hydrogen) atoms. The van der Waals surface area contributed by atoms with E-state index in [2.05, 4.69) is 4.98 Å². The highest BCUT2D eigenvalue weighted by atomic mass is 16.5. The average Bonchev–Trinajstić information content (AvgIpc) is 3.33. The molecule has 4 rings (SSSR count). The van der Waals surface area contributed by atoms with Gasteiger partial charge in [-0.25, -0.2) is 0 Å². The molecular weight excluding hydrogens is 318 g/mol. The number of ether oxygens (including phenoxy) is 1. The van der Waals surface area contributed by atoms with Crippen molar-refractivity contribution in [2.24, 2.45) is 0 Å². The first kappa shape index (κ1) is 16.5. The van der Waals surface area contributed by atoms with Crippen molar-refractivity contribution in [2.45, 2.75) is 50.2 Å². The molecule has 6 heteroatoms. The zero-order valence-electron chi connectivity index (χ0n) is 14.5. The van der Waals surface area contributed by atoms with Gasteiger partial charge in [0.2, 0.25) is 0 Å². The van der Waals surface area contributed by atoms with E-state index in [1.54, 1.807) is 12.3 Å². The van der Waals surface area contributed by atoms with Crippen molar-refractivity contribution in [3.8, 4) is 0 Å². The quantitative estimate of drug-likeness (QED) is 0.822. The van der Waals surface area contributed by atoms with Crippen molar-refractivity contribution in [1.29, 1.82) is 0 Å². The lowest BCUT2D eigenvalue weighted by Crippen LogP contribution is -2.48. The van der Waals surface area contributed by atoms with Crippen molar-refractivity contribution in [2.75, 3.05) is 26.2 Å². The van der Waals surface area contributed by atoms with Gasteiger partial charge in [-0.05, 0) is 50.7 Å². The van der Waals surface area contributed by atoms with Crippen LogP contribution in [0.25, 0.3) is 0 Å². The van der Waals surface area contributed by atoms with Crippen LogP contribution in [0.15, 0.2) is 24.4 Å². The number of nitrogens with zero attached hydrogens (tertiary/aromatic N) is 3. The lowest BCUT2D eigenvalue weighted by atomic mass is 9.88. The van der Waals surface area contributed by atoms with E-state index in [-0.39, 0.29) is 23.5 Å². The molecule has 1 atom stereocenters. The van der Waals surface area contributed by atoms with E-state index in [1.165, 1.54) is 0 Å². The van der Waals surface area contributed by atoms with Crippen molar-refractivity contribution in [3.05, 3.63) is 30.1 Å². The molecule has 3 aliphatic heterocycles. The first-order chi connectivity index (χ1) is 12.2. The third-order valence-electron chi connectivity index (χ3n) is 5.79. The van der Waals surface area contributed by atoms with Crippen molar-refractivity contribution in [3.63, 3.8) is 0 Å². The van der Waals surface area contributed by atoms with Gasteiger partial charge >= 0.3 is 0 Å². The molecule has 0 aliphatic carbocycles. The summed E-state index contributed by atoms with van der Waals surface area (Å²) in [5.74, 6) is 0.152. The largest absolute Gasteiger partial charge is 0.362 e. The fourth-order valence-electron chi connectivity index (χ4n) is 4.27. The third-order valence-corrected chi connectivity index (χ3v) is 5.79. The summed E-state index contributed by atoms with van der Waals surface area (Å²) in [6.07, 6.45) is 6.91. The van der Waals surface area contributed by atoms with E-state index in [4.69, 9.17) is 4.74 Å². The predicted octanol–water partition coefficient (Wildman–Crippen LogP) is 1.86. The Labute approximate surface area is 148 Å². The van der Waals surface area contributed by atoms with Gasteiger partial charge in [-0.15, -0.1) is 0 Å². The van der Waals surface area contributed by atoms with Gasteiger partial charge in [-0.3, -0.25) is 14.6 Å². The summed E-state index contributed by atoms with van der Waals surface area (Å²) in [4.78, 5) is 33.0. The SMILES string of the molecule is O=C(c1ccccn1)N1CCC2(CC[C@H](C(=O)N3CCCC3)O2)CC1. The Bertz CT molecular complexity index is 635. The minimum Gasteiger partial charge on any atom is -0.362 e. The topological polar surface area (TPSA) is 62.7 Å². The molecule has 1 spiro atoms. The third kappa shape index (κ3) is 3.27. The van der Waals surface area contributed by atoms with Crippen LogP contribution in [0.5, 0.6) is 0 Å². The highest BCUT2D eigenvalue weighted by Gasteiger charge is 2.46. The molecule has 3 fully saturated rings. The molecule has 0 aromatic carbocycles. The minimum absolute atomic E-state index is 0.0156. The Balaban J connectivity index is 1.34. The second kappa shape index (κ2) is 6.75. The van der Waals surface area contributed by atoms with E-state index in [0.29, 0.717) is 18.8 Å². The average molecular weight is 343 g/mol. The van der Waals surface area contributed by atoms with Crippen LogP contribution in [-0.2, 0) is 9.53 Å². The van der Waals surface area contributed by atoms with Gasteiger partial charge in [0.05, 0.1) is 5.60 Å². The predicted molar refractivity (Wildman–Crippen MR) is 92.0 cm³/mol. The molecule has 3 aliphatic rings. The number of carbonyl (C=O) groups is 2. The second-order valence-corrected chi connectivity index (χ2v) is 7.37. The maximum Gasteiger partial charge on any atom is 0.272 e. The van der Waals surface area contributed by atoms with Gasteiger partial charge in [-0.1, -0.05) is 6.07 Å². The highest BCUT2D eigenvalue weighted by Crippen LogP contribution is 2.39. The van der Waals surface area contributed by atoms with Crippen LogP contribution >= 0.6 is 0 Å². The number of pyridine rings is 1. The number of amides is 2. The molecule has 0 saturated carbocycles. The van der Waals surface area contributed by atoms with Crippen LogP contribution in [0.3, 0.4) is 0 Å². The van der Waals surface area contributed by atoms with Crippen molar-refractivity contribution < 1.29 is 14.3 Å². The minimum atomic E-state index is -0.281. The van der Waals surface area contributed by atoms with Crippen LogP contribution in [0.2, 0.25) is 0 Å². The van der Waals surface area contributed by atoms with Crippen LogP contribution in [-0.4, -0.2) is 64.5 Å². The lowest BCUT2D eigenvalue weighted by Gasteiger charge is -2.39. The fraction of sp³-hybridized carbons (Fsp3) is 0.632. The molecule has 6 nitrogen and oxygen atoms in total.